The highest BCUT2D eigenvalue weighted by Gasteiger charge is 2.23. The third-order valence-electron chi connectivity index (χ3n) is 3.57. The van der Waals surface area contributed by atoms with E-state index in [1.807, 2.05) is 0 Å². The van der Waals surface area contributed by atoms with Gasteiger partial charge in [-0.05, 0) is 18.2 Å². The summed E-state index contributed by atoms with van der Waals surface area (Å²) in [7, 11) is 6.08. The summed E-state index contributed by atoms with van der Waals surface area (Å²) in [5, 5.41) is 11.5. The molecule has 22 heavy (non-hydrogen) atoms. The van der Waals surface area contributed by atoms with Crippen LogP contribution in [0.3, 0.4) is 0 Å². The van der Waals surface area contributed by atoms with E-state index in [9.17, 15) is 5.11 Å². The van der Waals surface area contributed by atoms with Gasteiger partial charge in [-0.2, -0.15) is 0 Å². The van der Waals surface area contributed by atoms with Crippen molar-refractivity contribution in [3.63, 3.8) is 0 Å². The summed E-state index contributed by atoms with van der Waals surface area (Å²) in [6, 6.07) is 5.11. The quantitative estimate of drug-likeness (QED) is 0.797. The van der Waals surface area contributed by atoms with Crippen LogP contribution in [0.1, 0.15) is 0 Å². The zero-order valence-corrected chi connectivity index (χ0v) is 12.7. The van der Waals surface area contributed by atoms with Crippen LogP contribution in [0.4, 0.5) is 0 Å². The van der Waals surface area contributed by atoms with Crippen LogP contribution in [0.25, 0.3) is 21.9 Å². The zero-order chi connectivity index (χ0) is 15.9. The molecule has 0 saturated heterocycles. The van der Waals surface area contributed by atoms with Crippen molar-refractivity contribution in [3.8, 4) is 28.7 Å². The molecule has 0 radical (unpaired) electrons. The minimum absolute atomic E-state index is 0.00644. The molecule has 2 aromatic carbocycles. The molecule has 0 bridgehead atoms. The third-order valence-corrected chi connectivity index (χ3v) is 3.57. The van der Waals surface area contributed by atoms with E-state index in [0.29, 0.717) is 28.4 Å². The average molecular weight is 304 g/mol. The Morgan fingerprint density at radius 3 is 2.00 bits per heavy atom. The van der Waals surface area contributed by atoms with E-state index < -0.39 is 0 Å². The highest BCUT2D eigenvalue weighted by molar-refractivity contribution is 6.10. The molecular weight excluding hydrogens is 288 g/mol. The molecule has 0 saturated carbocycles. The van der Waals surface area contributed by atoms with Crippen molar-refractivity contribution in [3.05, 3.63) is 18.2 Å². The lowest BCUT2D eigenvalue weighted by molar-refractivity contribution is 0.324. The predicted octanol–water partition coefficient (Wildman–Crippen LogP) is 3.33. The summed E-state index contributed by atoms with van der Waals surface area (Å²) >= 11 is 0. The van der Waals surface area contributed by atoms with Gasteiger partial charge >= 0.3 is 0 Å². The highest BCUT2D eigenvalue weighted by atomic mass is 16.5. The van der Waals surface area contributed by atoms with Gasteiger partial charge in [0, 0.05) is 10.8 Å². The van der Waals surface area contributed by atoms with Gasteiger partial charge in [0.2, 0.25) is 17.2 Å². The first-order valence-corrected chi connectivity index (χ1v) is 6.57. The second-order valence-electron chi connectivity index (χ2n) is 4.62. The molecule has 0 atom stereocenters. The first-order chi connectivity index (χ1) is 10.7. The molecule has 6 heteroatoms. The SMILES string of the molecule is COc1cc2c(oc3c(OC)c(O)ccc32)c(OC)c1OC. The molecule has 0 unspecified atom stereocenters. The number of hydrogen-bond acceptors (Lipinski definition) is 6. The third kappa shape index (κ3) is 1.80. The fourth-order valence-electron chi connectivity index (χ4n) is 2.60. The normalized spacial score (nSPS) is 10.9. The fraction of sp³-hybridized carbons (Fsp3) is 0.250. The van der Waals surface area contributed by atoms with E-state index in [2.05, 4.69) is 0 Å². The molecule has 0 aliphatic heterocycles. The average Bonchev–Trinajstić information content (AvgIpc) is 2.90. The molecule has 0 aliphatic carbocycles. The van der Waals surface area contributed by atoms with E-state index in [-0.39, 0.29) is 11.5 Å². The molecular formula is C16H16O6. The first kappa shape index (κ1) is 14.2. The van der Waals surface area contributed by atoms with Crippen molar-refractivity contribution in [2.75, 3.05) is 28.4 Å². The highest BCUT2D eigenvalue weighted by Crippen LogP contribution is 2.49. The predicted molar refractivity (Wildman–Crippen MR) is 81.6 cm³/mol. The largest absolute Gasteiger partial charge is 0.504 e. The molecule has 0 fully saturated rings. The zero-order valence-electron chi connectivity index (χ0n) is 12.7. The Morgan fingerprint density at radius 1 is 0.773 bits per heavy atom. The van der Waals surface area contributed by atoms with Gasteiger partial charge in [0.05, 0.1) is 28.4 Å². The lowest BCUT2D eigenvalue weighted by Crippen LogP contribution is -1.94. The van der Waals surface area contributed by atoms with Crippen LogP contribution >= 0.6 is 0 Å². The maximum absolute atomic E-state index is 9.90. The number of rotatable bonds is 4. The number of ether oxygens (including phenoxy) is 4. The topological polar surface area (TPSA) is 70.3 Å². The summed E-state index contributed by atoms with van der Waals surface area (Å²) in [5.41, 5.74) is 0.935. The molecule has 1 N–H and O–H groups in total. The van der Waals surface area contributed by atoms with Crippen molar-refractivity contribution in [2.24, 2.45) is 0 Å². The van der Waals surface area contributed by atoms with Crippen LogP contribution < -0.4 is 18.9 Å². The van der Waals surface area contributed by atoms with Crippen molar-refractivity contribution in [1.29, 1.82) is 0 Å². The Morgan fingerprint density at radius 2 is 1.41 bits per heavy atom. The van der Waals surface area contributed by atoms with Crippen LogP contribution in [0.15, 0.2) is 22.6 Å². The Hall–Kier alpha value is -2.76. The van der Waals surface area contributed by atoms with E-state index in [0.717, 1.165) is 10.8 Å². The second kappa shape index (κ2) is 5.22. The van der Waals surface area contributed by atoms with Crippen LogP contribution in [0.2, 0.25) is 0 Å². The number of phenolic OH excluding ortho intramolecular Hbond substituents is 1. The summed E-state index contributed by atoms with van der Waals surface area (Å²) in [4.78, 5) is 0. The summed E-state index contributed by atoms with van der Waals surface area (Å²) in [5.74, 6) is 1.68. The van der Waals surface area contributed by atoms with E-state index in [4.69, 9.17) is 23.4 Å². The van der Waals surface area contributed by atoms with E-state index in [1.165, 1.54) is 21.3 Å². The molecule has 3 rings (SSSR count). The molecule has 1 aromatic heterocycles. The van der Waals surface area contributed by atoms with Gasteiger partial charge in [0.15, 0.2) is 22.7 Å². The summed E-state index contributed by atoms with van der Waals surface area (Å²) in [6.07, 6.45) is 0. The number of benzene rings is 2. The number of fused-ring (bicyclic) bond motifs is 3. The molecule has 116 valence electrons. The van der Waals surface area contributed by atoms with Crippen molar-refractivity contribution >= 4 is 21.9 Å². The summed E-state index contributed by atoms with van der Waals surface area (Å²) in [6.45, 7) is 0. The Labute approximate surface area is 126 Å². The number of hydrogen-bond donors (Lipinski definition) is 1. The number of aromatic hydroxyl groups is 1. The van der Waals surface area contributed by atoms with Crippen LogP contribution in [0, 0.1) is 0 Å². The first-order valence-electron chi connectivity index (χ1n) is 6.57. The van der Waals surface area contributed by atoms with Gasteiger partial charge in [-0.15, -0.1) is 0 Å². The van der Waals surface area contributed by atoms with Crippen molar-refractivity contribution in [2.45, 2.75) is 0 Å². The van der Waals surface area contributed by atoms with Crippen molar-refractivity contribution < 1.29 is 28.5 Å². The summed E-state index contributed by atoms with van der Waals surface area (Å²) < 4.78 is 27.2. The Bertz CT molecular complexity index is 849. The Kier molecular flexibility index (Phi) is 3.36. The molecule has 6 nitrogen and oxygen atoms in total. The number of furan rings is 1. The van der Waals surface area contributed by atoms with Crippen LogP contribution in [-0.2, 0) is 0 Å². The standard InChI is InChI=1S/C16H16O6/c1-18-11-7-9-8-5-6-10(17)14(19-2)12(8)22-13(9)16(21-4)15(11)20-3/h5-7,17H,1-4H3. The van der Waals surface area contributed by atoms with Crippen molar-refractivity contribution in [1.82, 2.24) is 0 Å². The molecule has 0 amide bonds. The van der Waals surface area contributed by atoms with Gasteiger partial charge in [-0.25, -0.2) is 0 Å². The maximum Gasteiger partial charge on any atom is 0.208 e. The number of methoxy groups -OCH3 is 4. The van der Waals surface area contributed by atoms with Gasteiger partial charge in [0.1, 0.15) is 0 Å². The minimum atomic E-state index is 0.00644. The van der Waals surface area contributed by atoms with Gasteiger partial charge < -0.3 is 28.5 Å². The van der Waals surface area contributed by atoms with Gasteiger partial charge in [-0.1, -0.05) is 0 Å². The van der Waals surface area contributed by atoms with E-state index >= 15 is 0 Å². The monoisotopic (exact) mass is 304 g/mol. The smallest absolute Gasteiger partial charge is 0.208 e. The van der Waals surface area contributed by atoms with Crippen LogP contribution in [-0.4, -0.2) is 33.5 Å². The molecule has 0 aliphatic rings. The van der Waals surface area contributed by atoms with Gasteiger partial charge in [0.25, 0.3) is 0 Å². The maximum atomic E-state index is 9.90. The minimum Gasteiger partial charge on any atom is -0.504 e. The number of phenols is 1. The van der Waals surface area contributed by atoms with E-state index in [1.54, 1.807) is 25.3 Å². The molecule has 3 aromatic rings. The van der Waals surface area contributed by atoms with Crippen LogP contribution in [0.5, 0.6) is 28.7 Å². The fourth-order valence-corrected chi connectivity index (χ4v) is 2.60. The lowest BCUT2D eigenvalue weighted by atomic mass is 10.1. The Balaban J connectivity index is 2.50. The second-order valence-corrected chi connectivity index (χ2v) is 4.62. The van der Waals surface area contributed by atoms with Gasteiger partial charge in [-0.3, -0.25) is 0 Å². The molecule has 0 spiro atoms. The molecule has 1 heterocycles. The lowest BCUT2D eigenvalue weighted by Gasteiger charge is -2.11.